The number of rotatable bonds is 3. The monoisotopic (exact) mass is 376 g/mol. The van der Waals surface area contributed by atoms with E-state index in [2.05, 4.69) is 29.1 Å². The van der Waals surface area contributed by atoms with Gasteiger partial charge in [0.15, 0.2) is 5.69 Å². The molecule has 1 fully saturated rings. The van der Waals surface area contributed by atoms with Gasteiger partial charge in [0.25, 0.3) is 11.5 Å². The maximum atomic E-state index is 13.3. The van der Waals surface area contributed by atoms with Crippen molar-refractivity contribution in [1.82, 2.24) is 14.7 Å². The second kappa shape index (κ2) is 7.46. The van der Waals surface area contributed by atoms with Gasteiger partial charge in [-0.25, -0.2) is 4.68 Å². The van der Waals surface area contributed by atoms with Crippen molar-refractivity contribution in [2.75, 3.05) is 24.5 Å². The van der Waals surface area contributed by atoms with Gasteiger partial charge in [0.2, 0.25) is 0 Å². The van der Waals surface area contributed by atoms with Crippen LogP contribution in [-0.4, -0.2) is 46.3 Å². The number of hydrogen-bond donors (Lipinski definition) is 0. The second-order valence-electron chi connectivity index (χ2n) is 7.14. The number of para-hydroxylation sites is 1. The van der Waals surface area contributed by atoms with Crippen molar-refractivity contribution in [3.8, 4) is 0 Å². The minimum Gasteiger partial charge on any atom is -0.365 e. The van der Waals surface area contributed by atoms with Crippen LogP contribution in [0.1, 0.15) is 24.3 Å². The SMILES string of the molecule is CCn1nc(C(=O)N2CCN(c3ccccc3)C(C)C2)c2ccccc2c1=O. The van der Waals surface area contributed by atoms with Gasteiger partial charge < -0.3 is 9.80 Å². The normalized spacial score (nSPS) is 17.1. The standard InChI is InChI=1S/C22H24N4O2/c1-3-26-21(27)19-12-8-7-11-18(19)20(23-26)22(28)24-13-14-25(16(2)15-24)17-9-5-4-6-10-17/h4-12,16H,3,13-15H2,1-2H3. The minimum absolute atomic E-state index is 0.113. The summed E-state index contributed by atoms with van der Waals surface area (Å²) in [4.78, 5) is 30.0. The zero-order chi connectivity index (χ0) is 19.7. The Hall–Kier alpha value is -3.15. The Morgan fingerprint density at radius 3 is 2.39 bits per heavy atom. The molecule has 144 valence electrons. The van der Waals surface area contributed by atoms with Gasteiger partial charge in [-0.3, -0.25) is 9.59 Å². The van der Waals surface area contributed by atoms with E-state index in [4.69, 9.17) is 0 Å². The third kappa shape index (κ3) is 3.15. The molecule has 6 heteroatoms. The molecule has 1 unspecified atom stereocenters. The Morgan fingerprint density at radius 1 is 1.04 bits per heavy atom. The predicted molar refractivity (Wildman–Crippen MR) is 111 cm³/mol. The van der Waals surface area contributed by atoms with Crippen LogP contribution in [0.25, 0.3) is 10.8 Å². The van der Waals surface area contributed by atoms with Crippen LogP contribution in [0.15, 0.2) is 59.4 Å². The summed E-state index contributed by atoms with van der Waals surface area (Å²) in [5, 5.41) is 5.56. The summed E-state index contributed by atoms with van der Waals surface area (Å²) < 4.78 is 1.37. The molecule has 28 heavy (non-hydrogen) atoms. The number of carbonyl (C=O) groups excluding carboxylic acids is 1. The van der Waals surface area contributed by atoms with Crippen LogP contribution in [-0.2, 0) is 6.54 Å². The van der Waals surface area contributed by atoms with E-state index < -0.39 is 0 Å². The lowest BCUT2D eigenvalue weighted by Gasteiger charge is -2.41. The molecule has 6 nitrogen and oxygen atoms in total. The number of benzene rings is 2. The fraction of sp³-hybridized carbons (Fsp3) is 0.318. The fourth-order valence-corrected chi connectivity index (χ4v) is 3.90. The first-order valence-corrected chi connectivity index (χ1v) is 9.71. The summed E-state index contributed by atoms with van der Waals surface area (Å²) >= 11 is 0. The molecular weight excluding hydrogens is 352 g/mol. The van der Waals surface area contributed by atoms with Crippen LogP contribution >= 0.6 is 0 Å². The fourth-order valence-electron chi connectivity index (χ4n) is 3.90. The second-order valence-corrected chi connectivity index (χ2v) is 7.14. The van der Waals surface area contributed by atoms with E-state index >= 15 is 0 Å². The topological polar surface area (TPSA) is 58.4 Å². The summed E-state index contributed by atoms with van der Waals surface area (Å²) in [6, 6.07) is 17.7. The average Bonchev–Trinajstić information content (AvgIpc) is 2.74. The highest BCUT2D eigenvalue weighted by Gasteiger charge is 2.29. The van der Waals surface area contributed by atoms with Gasteiger partial charge in [-0.05, 0) is 32.0 Å². The first kappa shape index (κ1) is 18.2. The largest absolute Gasteiger partial charge is 0.365 e. The number of piperazine rings is 1. The quantitative estimate of drug-likeness (QED) is 0.705. The molecule has 1 saturated heterocycles. The van der Waals surface area contributed by atoms with Gasteiger partial charge in [0.1, 0.15) is 0 Å². The lowest BCUT2D eigenvalue weighted by Crippen LogP contribution is -2.54. The summed E-state index contributed by atoms with van der Waals surface area (Å²) in [5.41, 5.74) is 1.37. The summed E-state index contributed by atoms with van der Waals surface area (Å²) in [5.74, 6) is -0.113. The van der Waals surface area contributed by atoms with E-state index in [0.717, 1.165) is 6.54 Å². The third-order valence-corrected chi connectivity index (χ3v) is 5.37. The van der Waals surface area contributed by atoms with Crippen molar-refractivity contribution in [2.45, 2.75) is 26.4 Å². The van der Waals surface area contributed by atoms with Crippen molar-refractivity contribution in [3.05, 3.63) is 70.6 Å². The number of aryl methyl sites for hydroxylation is 1. The molecule has 0 spiro atoms. The van der Waals surface area contributed by atoms with Crippen LogP contribution in [0, 0.1) is 0 Å². The van der Waals surface area contributed by atoms with Gasteiger partial charge in [-0.2, -0.15) is 5.10 Å². The molecule has 2 aromatic carbocycles. The predicted octanol–water partition coefficient (Wildman–Crippen LogP) is 2.77. The van der Waals surface area contributed by atoms with Gasteiger partial charge in [-0.15, -0.1) is 0 Å². The lowest BCUT2D eigenvalue weighted by atomic mass is 10.1. The number of amides is 1. The minimum atomic E-state index is -0.156. The zero-order valence-electron chi connectivity index (χ0n) is 16.2. The first-order chi connectivity index (χ1) is 13.6. The third-order valence-electron chi connectivity index (χ3n) is 5.37. The maximum Gasteiger partial charge on any atom is 0.275 e. The summed E-state index contributed by atoms with van der Waals surface area (Å²) in [6.07, 6.45) is 0. The molecule has 1 amide bonds. The van der Waals surface area contributed by atoms with Crippen LogP contribution in [0.4, 0.5) is 5.69 Å². The van der Waals surface area contributed by atoms with E-state index in [1.165, 1.54) is 10.4 Å². The van der Waals surface area contributed by atoms with Crippen molar-refractivity contribution < 1.29 is 4.79 Å². The number of fused-ring (bicyclic) bond motifs is 1. The van der Waals surface area contributed by atoms with Crippen LogP contribution in [0.2, 0.25) is 0 Å². The van der Waals surface area contributed by atoms with E-state index in [-0.39, 0.29) is 17.5 Å². The molecular formula is C22H24N4O2. The molecule has 2 heterocycles. The van der Waals surface area contributed by atoms with Crippen LogP contribution in [0.3, 0.4) is 0 Å². The number of nitrogens with zero attached hydrogens (tertiary/aromatic N) is 4. The molecule has 0 radical (unpaired) electrons. The highest BCUT2D eigenvalue weighted by atomic mass is 16.2. The Morgan fingerprint density at radius 2 is 1.71 bits per heavy atom. The molecule has 0 aliphatic carbocycles. The zero-order valence-corrected chi connectivity index (χ0v) is 16.2. The van der Waals surface area contributed by atoms with E-state index in [0.29, 0.717) is 36.1 Å². The van der Waals surface area contributed by atoms with E-state index in [9.17, 15) is 9.59 Å². The van der Waals surface area contributed by atoms with Gasteiger partial charge in [0, 0.05) is 43.3 Å². The highest BCUT2D eigenvalue weighted by molar-refractivity contribution is 6.04. The van der Waals surface area contributed by atoms with Crippen LogP contribution in [0.5, 0.6) is 0 Å². The lowest BCUT2D eigenvalue weighted by molar-refractivity contribution is 0.0720. The Kier molecular flexibility index (Phi) is 4.86. The molecule has 1 aliphatic rings. The molecule has 3 aromatic rings. The van der Waals surface area contributed by atoms with Crippen molar-refractivity contribution in [2.24, 2.45) is 0 Å². The maximum absolute atomic E-state index is 13.3. The van der Waals surface area contributed by atoms with Crippen molar-refractivity contribution >= 4 is 22.4 Å². The highest BCUT2D eigenvalue weighted by Crippen LogP contribution is 2.22. The molecule has 1 aliphatic heterocycles. The average molecular weight is 376 g/mol. The molecule has 4 rings (SSSR count). The van der Waals surface area contributed by atoms with Gasteiger partial charge in [-0.1, -0.05) is 36.4 Å². The van der Waals surface area contributed by atoms with Crippen molar-refractivity contribution in [1.29, 1.82) is 0 Å². The van der Waals surface area contributed by atoms with E-state index in [1.54, 1.807) is 12.1 Å². The van der Waals surface area contributed by atoms with Crippen molar-refractivity contribution in [3.63, 3.8) is 0 Å². The van der Waals surface area contributed by atoms with Crippen LogP contribution < -0.4 is 10.5 Å². The Bertz CT molecular complexity index is 1060. The number of anilines is 1. The molecule has 1 atom stereocenters. The molecule has 0 N–H and O–H groups in total. The summed E-state index contributed by atoms with van der Waals surface area (Å²) in [7, 11) is 0. The molecule has 0 bridgehead atoms. The van der Waals surface area contributed by atoms with E-state index in [1.807, 2.05) is 42.2 Å². The molecule has 0 saturated carbocycles. The summed E-state index contributed by atoms with van der Waals surface area (Å²) in [6.45, 7) is 6.43. The molecule has 1 aromatic heterocycles. The van der Waals surface area contributed by atoms with Gasteiger partial charge >= 0.3 is 0 Å². The first-order valence-electron chi connectivity index (χ1n) is 9.71. The number of aromatic nitrogens is 2. The smallest absolute Gasteiger partial charge is 0.275 e. The Balaban J connectivity index is 1.64. The number of carbonyl (C=O) groups is 1. The Labute approximate surface area is 164 Å². The number of hydrogen-bond acceptors (Lipinski definition) is 4. The van der Waals surface area contributed by atoms with Gasteiger partial charge in [0.05, 0.1) is 5.39 Å².